The zero-order chi connectivity index (χ0) is 17.9. The molecule has 3 aliphatic rings. The third-order valence-electron chi connectivity index (χ3n) is 6.15. The van der Waals surface area contributed by atoms with Crippen LogP contribution in [0.2, 0.25) is 0 Å². The first-order valence-electron chi connectivity index (χ1n) is 10.4. The van der Waals surface area contributed by atoms with Crippen LogP contribution in [0.3, 0.4) is 0 Å². The van der Waals surface area contributed by atoms with Gasteiger partial charge in [0.15, 0.2) is 11.5 Å². The Kier molecular flexibility index (Phi) is 5.37. The average Bonchev–Trinajstić information content (AvgIpc) is 3.38. The summed E-state index contributed by atoms with van der Waals surface area (Å²) in [6, 6.07) is 6.60. The van der Waals surface area contributed by atoms with Crippen molar-refractivity contribution >= 4 is 5.91 Å². The fourth-order valence-electron chi connectivity index (χ4n) is 4.57. The Morgan fingerprint density at radius 1 is 0.885 bits per heavy atom. The topological polar surface area (TPSA) is 38.8 Å². The molecule has 0 unspecified atom stereocenters. The van der Waals surface area contributed by atoms with E-state index < -0.39 is 0 Å². The van der Waals surface area contributed by atoms with Gasteiger partial charge in [0.05, 0.1) is 13.2 Å². The van der Waals surface area contributed by atoms with Gasteiger partial charge in [-0.1, -0.05) is 19.3 Å². The van der Waals surface area contributed by atoms with Crippen LogP contribution in [0.1, 0.15) is 81.0 Å². The van der Waals surface area contributed by atoms with E-state index in [-0.39, 0.29) is 12.0 Å². The molecule has 1 aromatic carbocycles. The van der Waals surface area contributed by atoms with Gasteiger partial charge in [-0.05, 0) is 69.6 Å². The number of ether oxygens (including phenoxy) is 2. The monoisotopic (exact) mass is 357 g/mol. The van der Waals surface area contributed by atoms with Crippen LogP contribution in [0.5, 0.6) is 11.5 Å². The molecule has 0 radical (unpaired) electrons. The molecule has 4 nitrogen and oxygen atoms in total. The number of carbonyl (C=O) groups is 1. The van der Waals surface area contributed by atoms with Crippen molar-refractivity contribution in [3.63, 3.8) is 0 Å². The molecule has 0 saturated heterocycles. The van der Waals surface area contributed by atoms with Crippen LogP contribution in [0.15, 0.2) is 18.2 Å². The van der Waals surface area contributed by atoms with Crippen LogP contribution in [-0.4, -0.2) is 36.1 Å². The number of hydrogen-bond donors (Lipinski definition) is 0. The van der Waals surface area contributed by atoms with E-state index in [9.17, 15) is 4.79 Å². The molecule has 0 N–H and O–H groups in total. The minimum atomic E-state index is 0.171. The lowest BCUT2D eigenvalue weighted by molar-refractivity contribution is 0.0613. The number of carbonyl (C=O) groups excluding carboxylic acids is 1. The van der Waals surface area contributed by atoms with E-state index in [1.807, 2.05) is 18.2 Å². The van der Waals surface area contributed by atoms with Gasteiger partial charge in [0.1, 0.15) is 0 Å². The predicted molar refractivity (Wildman–Crippen MR) is 102 cm³/mol. The maximum atomic E-state index is 13.3. The highest BCUT2D eigenvalue weighted by Gasteiger charge is 2.38. The van der Waals surface area contributed by atoms with E-state index in [4.69, 9.17) is 9.47 Å². The lowest BCUT2D eigenvalue weighted by Crippen LogP contribution is -2.43. The van der Waals surface area contributed by atoms with Crippen LogP contribution in [0.25, 0.3) is 0 Å². The van der Waals surface area contributed by atoms with Crippen LogP contribution in [0, 0.1) is 0 Å². The number of nitrogens with zero attached hydrogens (tertiary/aromatic N) is 1. The third kappa shape index (κ3) is 3.84. The fourth-order valence-corrected chi connectivity index (χ4v) is 4.57. The van der Waals surface area contributed by atoms with E-state index in [2.05, 4.69) is 4.90 Å². The Hall–Kier alpha value is -1.71. The molecular formula is C22H31NO3. The number of benzene rings is 1. The van der Waals surface area contributed by atoms with Gasteiger partial charge in [0, 0.05) is 17.6 Å². The summed E-state index contributed by atoms with van der Waals surface area (Å²) in [5.41, 5.74) is 0.734. The zero-order valence-electron chi connectivity index (χ0n) is 15.9. The standard InChI is InChI=1S/C22H31NO3/c1-25-21-15-16(11-14-20(21)26-19-9-5-6-10-19)22(24)23(18-12-13-18)17-7-3-2-4-8-17/h11,14-15,17-19H,2-10,12-13H2,1H3. The smallest absolute Gasteiger partial charge is 0.254 e. The van der Waals surface area contributed by atoms with Gasteiger partial charge >= 0.3 is 0 Å². The molecule has 0 heterocycles. The Morgan fingerprint density at radius 2 is 1.54 bits per heavy atom. The number of amides is 1. The first-order valence-corrected chi connectivity index (χ1v) is 10.4. The van der Waals surface area contributed by atoms with Crippen LogP contribution in [-0.2, 0) is 0 Å². The Labute approximate surface area is 156 Å². The highest BCUT2D eigenvalue weighted by molar-refractivity contribution is 5.95. The molecule has 0 spiro atoms. The van der Waals surface area contributed by atoms with Gasteiger partial charge in [0.25, 0.3) is 5.91 Å². The quantitative estimate of drug-likeness (QED) is 0.723. The maximum Gasteiger partial charge on any atom is 0.254 e. The summed E-state index contributed by atoms with van der Waals surface area (Å²) in [6.07, 6.45) is 13.4. The molecule has 0 atom stereocenters. The highest BCUT2D eigenvalue weighted by atomic mass is 16.5. The molecule has 4 heteroatoms. The third-order valence-corrected chi connectivity index (χ3v) is 6.15. The largest absolute Gasteiger partial charge is 0.493 e. The Bertz CT molecular complexity index is 628. The summed E-state index contributed by atoms with van der Waals surface area (Å²) >= 11 is 0. The average molecular weight is 357 g/mol. The van der Waals surface area contributed by atoms with Crippen molar-refractivity contribution in [3.05, 3.63) is 23.8 Å². The molecule has 3 fully saturated rings. The van der Waals surface area contributed by atoms with E-state index >= 15 is 0 Å². The molecular weight excluding hydrogens is 326 g/mol. The molecule has 0 bridgehead atoms. The summed E-state index contributed by atoms with van der Waals surface area (Å²) < 4.78 is 11.7. The second-order valence-corrected chi connectivity index (χ2v) is 8.13. The minimum Gasteiger partial charge on any atom is -0.493 e. The van der Waals surface area contributed by atoms with Gasteiger partial charge in [-0.15, -0.1) is 0 Å². The maximum absolute atomic E-state index is 13.3. The molecule has 1 amide bonds. The summed E-state index contributed by atoms with van der Waals surface area (Å²) in [5, 5.41) is 0. The number of methoxy groups -OCH3 is 1. The number of hydrogen-bond acceptors (Lipinski definition) is 3. The summed E-state index contributed by atoms with van der Waals surface area (Å²) in [7, 11) is 1.66. The normalized spacial score (nSPS) is 21.6. The highest BCUT2D eigenvalue weighted by Crippen LogP contribution is 2.37. The van der Waals surface area contributed by atoms with Crippen LogP contribution < -0.4 is 9.47 Å². The predicted octanol–water partition coefficient (Wildman–Crippen LogP) is 4.95. The van der Waals surface area contributed by atoms with Gasteiger partial charge in [0.2, 0.25) is 0 Å². The molecule has 1 aromatic rings. The van der Waals surface area contributed by atoms with Gasteiger partial charge in [-0.3, -0.25) is 4.79 Å². The van der Waals surface area contributed by atoms with Crippen molar-refractivity contribution < 1.29 is 14.3 Å². The zero-order valence-corrected chi connectivity index (χ0v) is 15.9. The molecule has 3 aliphatic carbocycles. The first kappa shape index (κ1) is 17.7. The van der Waals surface area contributed by atoms with E-state index in [1.54, 1.807) is 7.11 Å². The van der Waals surface area contributed by atoms with E-state index in [0.717, 1.165) is 49.8 Å². The fraction of sp³-hybridized carbons (Fsp3) is 0.682. The van der Waals surface area contributed by atoms with Crippen molar-refractivity contribution in [1.29, 1.82) is 0 Å². The minimum absolute atomic E-state index is 0.171. The summed E-state index contributed by atoms with van der Waals surface area (Å²) in [5.74, 6) is 1.62. The van der Waals surface area contributed by atoms with Crippen molar-refractivity contribution in [1.82, 2.24) is 4.90 Å². The SMILES string of the molecule is COc1cc(C(=O)N(C2CCCCC2)C2CC2)ccc1OC1CCCC1. The van der Waals surface area contributed by atoms with Crippen molar-refractivity contribution in [3.8, 4) is 11.5 Å². The van der Waals surface area contributed by atoms with Gasteiger partial charge < -0.3 is 14.4 Å². The summed E-state index contributed by atoms with van der Waals surface area (Å²) in [6.45, 7) is 0. The van der Waals surface area contributed by atoms with E-state index in [1.165, 1.54) is 32.1 Å². The molecule has 3 saturated carbocycles. The van der Waals surface area contributed by atoms with Crippen LogP contribution in [0.4, 0.5) is 0 Å². The Morgan fingerprint density at radius 3 is 2.19 bits per heavy atom. The number of rotatable bonds is 6. The molecule has 4 rings (SSSR count). The second kappa shape index (κ2) is 7.89. The second-order valence-electron chi connectivity index (χ2n) is 8.13. The molecule has 0 aliphatic heterocycles. The lowest BCUT2D eigenvalue weighted by atomic mass is 9.93. The van der Waals surface area contributed by atoms with Gasteiger partial charge in [-0.2, -0.15) is 0 Å². The van der Waals surface area contributed by atoms with Crippen molar-refractivity contribution in [2.75, 3.05) is 7.11 Å². The molecule has 142 valence electrons. The van der Waals surface area contributed by atoms with Crippen LogP contribution >= 0.6 is 0 Å². The van der Waals surface area contributed by atoms with Gasteiger partial charge in [-0.25, -0.2) is 0 Å². The molecule has 26 heavy (non-hydrogen) atoms. The first-order chi connectivity index (χ1) is 12.8. The van der Waals surface area contributed by atoms with Crippen molar-refractivity contribution in [2.24, 2.45) is 0 Å². The molecule has 0 aromatic heterocycles. The van der Waals surface area contributed by atoms with Crippen molar-refractivity contribution in [2.45, 2.75) is 88.8 Å². The lowest BCUT2D eigenvalue weighted by Gasteiger charge is -2.35. The van der Waals surface area contributed by atoms with E-state index in [0.29, 0.717) is 17.8 Å². The Balaban J connectivity index is 1.52. The summed E-state index contributed by atoms with van der Waals surface area (Å²) in [4.78, 5) is 15.5.